The summed E-state index contributed by atoms with van der Waals surface area (Å²) in [6, 6.07) is 4.85. The van der Waals surface area contributed by atoms with E-state index in [0.717, 1.165) is 0 Å². The van der Waals surface area contributed by atoms with Gasteiger partial charge in [0.1, 0.15) is 11.8 Å². The Balaban J connectivity index is 2.66. The molecule has 3 N–H and O–H groups in total. The van der Waals surface area contributed by atoms with Crippen LogP contribution < -0.4 is 0 Å². The molecule has 1 heterocycles. The highest BCUT2D eigenvalue weighted by atomic mass is 16.5. The highest BCUT2D eigenvalue weighted by Gasteiger charge is 2.25. The van der Waals surface area contributed by atoms with E-state index in [0.29, 0.717) is 41.8 Å². The molecule has 0 aliphatic rings. The molecule has 8 nitrogen and oxygen atoms in total. The van der Waals surface area contributed by atoms with Gasteiger partial charge in [-0.05, 0) is 19.1 Å². The second-order valence-corrected chi connectivity index (χ2v) is 5.82. The number of carbonyl (C=O) groups is 1. The van der Waals surface area contributed by atoms with Crippen LogP contribution >= 0.6 is 0 Å². The quantitative estimate of drug-likeness (QED) is 0.593. The number of esters is 1. The van der Waals surface area contributed by atoms with Crippen molar-refractivity contribution in [1.82, 2.24) is 9.47 Å². The van der Waals surface area contributed by atoms with Gasteiger partial charge in [-0.15, -0.1) is 0 Å². The van der Waals surface area contributed by atoms with Crippen LogP contribution in [0, 0.1) is 11.3 Å². The van der Waals surface area contributed by atoms with Crippen molar-refractivity contribution >= 4 is 16.9 Å². The zero-order valence-electron chi connectivity index (χ0n) is 14.9. The van der Waals surface area contributed by atoms with Crippen LogP contribution in [0.3, 0.4) is 0 Å². The van der Waals surface area contributed by atoms with Gasteiger partial charge in [-0.1, -0.05) is 0 Å². The van der Waals surface area contributed by atoms with Crippen LogP contribution in [-0.4, -0.2) is 63.7 Å². The minimum Gasteiger partial charge on any atom is -0.507 e. The summed E-state index contributed by atoms with van der Waals surface area (Å²) in [6.07, 6.45) is 0. The number of hydrogen-bond acceptors (Lipinski definition) is 7. The van der Waals surface area contributed by atoms with Crippen molar-refractivity contribution in [1.29, 1.82) is 5.26 Å². The van der Waals surface area contributed by atoms with Gasteiger partial charge in [-0.25, -0.2) is 4.79 Å². The van der Waals surface area contributed by atoms with Crippen molar-refractivity contribution in [2.24, 2.45) is 7.05 Å². The third kappa shape index (κ3) is 3.80. The first-order valence-electron chi connectivity index (χ1n) is 8.34. The van der Waals surface area contributed by atoms with Crippen LogP contribution in [0.1, 0.15) is 28.5 Å². The molecule has 26 heavy (non-hydrogen) atoms. The van der Waals surface area contributed by atoms with Crippen molar-refractivity contribution in [2.75, 3.05) is 32.9 Å². The van der Waals surface area contributed by atoms with Crippen LogP contribution in [0.5, 0.6) is 5.75 Å². The van der Waals surface area contributed by atoms with E-state index in [9.17, 15) is 20.1 Å². The van der Waals surface area contributed by atoms with Crippen molar-refractivity contribution in [3.63, 3.8) is 0 Å². The fraction of sp³-hybridized carbons (Fsp3) is 0.444. The summed E-state index contributed by atoms with van der Waals surface area (Å²) in [5.74, 6) is -0.726. The third-order valence-electron chi connectivity index (χ3n) is 4.24. The van der Waals surface area contributed by atoms with E-state index >= 15 is 0 Å². The van der Waals surface area contributed by atoms with Gasteiger partial charge in [0.15, 0.2) is 0 Å². The molecule has 2 aromatic rings. The standard InChI is InChI=1S/C18H23N3O5/c1-3-26-18(25)17-13-9-16(24)12(10-19)8-14(13)20(2)15(17)11-21(4-6-22)5-7-23/h8-9,22-24H,3-7,11H2,1-2H3. The predicted molar refractivity (Wildman–Crippen MR) is 94.7 cm³/mol. The largest absolute Gasteiger partial charge is 0.507 e. The molecule has 0 saturated heterocycles. The smallest absolute Gasteiger partial charge is 0.340 e. The monoisotopic (exact) mass is 361 g/mol. The van der Waals surface area contributed by atoms with Gasteiger partial charge in [-0.3, -0.25) is 4.90 Å². The minimum absolute atomic E-state index is 0.0853. The molecule has 1 aromatic heterocycles. The molecule has 1 aromatic carbocycles. The summed E-state index contributed by atoms with van der Waals surface area (Å²) in [4.78, 5) is 14.4. The molecule has 0 fully saturated rings. The van der Waals surface area contributed by atoms with Crippen LogP contribution in [0.25, 0.3) is 10.9 Å². The number of nitrogens with zero attached hydrogens (tertiary/aromatic N) is 3. The molecule has 2 rings (SSSR count). The predicted octanol–water partition coefficient (Wildman–Crippen LogP) is 0.719. The molecule has 8 heteroatoms. The zero-order chi connectivity index (χ0) is 19.3. The number of nitriles is 1. The van der Waals surface area contributed by atoms with Gasteiger partial charge in [0.25, 0.3) is 0 Å². The molecule has 0 bridgehead atoms. The van der Waals surface area contributed by atoms with Gasteiger partial charge >= 0.3 is 5.97 Å². The Kier molecular flexibility index (Phi) is 6.58. The van der Waals surface area contributed by atoms with E-state index < -0.39 is 5.97 Å². The Bertz CT molecular complexity index is 832. The van der Waals surface area contributed by atoms with Crippen molar-refractivity contribution in [3.05, 3.63) is 29.0 Å². The number of ether oxygens (including phenoxy) is 1. The molecule has 0 atom stereocenters. The Morgan fingerprint density at radius 2 is 1.96 bits per heavy atom. The van der Waals surface area contributed by atoms with Crippen LogP contribution in [-0.2, 0) is 18.3 Å². The van der Waals surface area contributed by atoms with Crippen molar-refractivity contribution in [2.45, 2.75) is 13.5 Å². The first-order chi connectivity index (χ1) is 12.5. The van der Waals surface area contributed by atoms with Crippen LogP contribution in [0.15, 0.2) is 12.1 Å². The maximum Gasteiger partial charge on any atom is 0.340 e. The average Bonchev–Trinajstić information content (AvgIpc) is 2.86. The van der Waals surface area contributed by atoms with E-state index in [1.165, 1.54) is 12.1 Å². The second-order valence-electron chi connectivity index (χ2n) is 5.82. The molecule has 140 valence electrons. The number of aromatic hydroxyl groups is 1. The lowest BCUT2D eigenvalue weighted by molar-refractivity contribution is 0.0525. The third-order valence-corrected chi connectivity index (χ3v) is 4.24. The van der Waals surface area contributed by atoms with Gasteiger partial charge in [0.2, 0.25) is 0 Å². The highest BCUT2D eigenvalue weighted by molar-refractivity contribution is 6.06. The van der Waals surface area contributed by atoms with Gasteiger partial charge in [-0.2, -0.15) is 5.26 Å². The van der Waals surface area contributed by atoms with Crippen molar-refractivity contribution in [3.8, 4) is 11.8 Å². The second kappa shape index (κ2) is 8.67. The lowest BCUT2D eigenvalue weighted by Gasteiger charge is -2.21. The van der Waals surface area contributed by atoms with Gasteiger partial charge in [0, 0.05) is 37.8 Å². The highest BCUT2D eigenvalue weighted by Crippen LogP contribution is 2.32. The topological polar surface area (TPSA) is 119 Å². The SMILES string of the molecule is CCOC(=O)c1c(CN(CCO)CCO)n(C)c2cc(C#N)c(O)cc12. The van der Waals surface area contributed by atoms with E-state index in [4.69, 9.17) is 10.00 Å². The number of aromatic nitrogens is 1. The van der Waals surface area contributed by atoms with E-state index in [1.807, 2.05) is 11.0 Å². The fourth-order valence-corrected chi connectivity index (χ4v) is 2.99. The number of aliphatic hydroxyl groups is 2. The van der Waals surface area contributed by atoms with E-state index in [2.05, 4.69) is 0 Å². The normalized spacial score (nSPS) is 11.1. The number of rotatable bonds is 8. The summed E-state index contributed by atoms with van der Waals surface area (Å²) in [5, 5.41) is 38.1. The summed E-state index contributed by atoms with van der Waals surface area (Å²) in [5.41, 5.74) is 1.66. The molecular weight excluding hydrogens is 338 g/mol. The van der Waals surface area contributed by atoms with Crippen LogP contribution in [0.2, 0.25) is 0 Å². The Labute approximate surface area is 151 Å². The first kappa shape index (κ1) is 19.7. The summed E-state index contributed by atoms with van der Waals surface area (Å²) in [7, 11) is 1.76. The minimum atomic E-state index is -0.523. The number of phenols is 1. The maximum atomic E-state index is 12.6. The number of carbonyl (C=O) groups excluding carboxylic acids is 1. The molecular formula is C18H23N3O5. The molecule has 0 unspecified atom stereocenters. The summed E-state index contributed by atoms with van der Waals surface area (Å²) < 4.78 is 6.94. The molecule has 0 amide bonds. The van der Waals surface area contributed by atoms with Gasteiger partial charge in [0.05, 0.1) is 36.5 Å². The van der Waals surface area contributed by atoms with E-state index in [-0.39, 0.29) is 31.1 Å². The lowest BCUT2D eigenvalue weighted by atomic mass is 10.1. The number of aryl methyl sites for hydroxylation is 1. The summed E-state index contributed by atoms with van der Waals surface area (Å²) >= 11 is 0. The van der Waals surface area contributed by atoms with E-state index in [1.54, 1.807) is 18.5 Å². The Morgan fingerprint density at radius 3 is 2.50 bits per heavy atom. The number of benzene rings is 1. The number of fused-ring (bicyclic) bond motifs is 1. The molecule has 0 spiro atoms. The van der Waals surface area contributed by atoms with Crippen molar-refractivity contribution < 1.29 is 24.9 Å². The van der Waals surface area contributed by atoms with Crippen LogP contribution in [0.4, 0.5) is 0 Å². The average molecular weight is 361 g/mol. The first-order valence-corrected chi connectivity index (χ1v) is 8.34. The molecule has 0 aliphatic heterocycles. The summed E-state index contributed by atoms with van der Waals surface area (Å²) in [6.45, 7) is 2.70. The number of hydrogen-bond donors (Lipinski definition) is 3. The maximum absolute atomic E-state index is 12.6. The number of phenolic OH excluding ortho intramolecular Hbond substituents is 1. The fourth-order valence-electron chi connectivity index (χ4n) is 2.99. The lowest BCUT2D eigenvalue weighted by Crippen LogP contribution is -2.31. The Hall–Kier alpha value is -2.60. The van der Waals surface area contributed by atoms with Gasteiger partial charge < -0.3 is 24.6 Å². The molecule has 0 saturated carbocycles. The molecule has 0 radical (unpaired) electrons. The zero-order valence-corrected chi connectivity index (χ0v) is 14.9. The number of aliphatic hydroxyl groups excluding tert-OH is 2. The Morgan fingerprint density at radius 1 is 1.31 bits per heavy atom. The molecule has 0 aliphatic carbocycles.